The smallest absolute Gasteiger partial charge is 0.150 e. The molecule has 0 radical (unpaired) electrons. The topological polar surface area (TPSA) is 40.5 Å². The van der Waals surface area contributed by atoms with Crippen LogP contribution in [0.1, 0.15) is 42.1 Å². The summed E-state index contributed by atoms with van der Waals surface area (Å²) in [5.41, 5.74) is 2.38. The highest BCUT2D eigenvalue weighted by Gasteiger charge is 2.25. The largest absolute Gasteiger partial charge is 0.390 e. The predicted molar refractivity (Wildman–Crippen MR) is 73.3 cm³/mol. The molecular formula is C15H21NO2. The first-order valence-electron chi connectivity index (χ1n) is 6.55. The van der Waals surface area contributed by atoms with Crippen molar-refractivity contribution in [3.63, 3.8) is 0 Å². The van der Waals surface area contributed by atoms with E-state index in [9.17, 15) is 9.90 Å². The molecule has 0 aliphatic carbocycles. The van der Waals surface area contributed by atoms with Gasteiger partial charge in [0.25, 0.3) is 0 Å². The van der Waals surface area contributed by atoms with Crippen LogP contribution in [-0.2, 0) is 0 Å². The summed E-state index contributed by atoms with van der Waals surface area (Å²) in [4.78, 5) is 13.1. The van der Waals surface area contributed by atoms with Crippen LogP contribution in [0.5, 0.6) is 0 Å². The van der Waals surface area contributed by atoms with Gasteiger partial charge >= 0.3 is 0 Å². The molecule has 1 aromatic rings. The van der Waals surface area contributed by atoms with Gasteiger partial charge in [0.05, 0.1) is 5.60 Å². The first kappa shape index (κ1) is 13.1. The molecule has 1 fully saturated rings. The minimum absolute atomic E-state index is 0.535. The lowest BCUT2D eigenvalue weighted by atomic mass is 9.98. The number of carbonyl (C=O) groups excluding carboxylic acids is 1. The molecule has 0 bridgehead atoms. The number of rotatable bonds is 2. The maximum atomic E-state index is 10.8. The van der Waals surface area contributed by atoms with Crippen LogP contribution in [0.25, 0.3) is 0 Å². The number of aldehydes is 1. The second-order valence-electron chi connectivity index (χ2n) is 5.50. The lowest BCUT2D eigenvalue weighted by Crippen LogP contribution is -2.28. The number of aryl methyl sites for hydroxylation is 1. The van der Waals surface area contributed by atoms with E-state index in [2.05, 4.69) is 11.0 Å². The number of benzene rings is 1. The van der Waals surface area contributed by atoms with Gasteiger partial charge in [0.15, 0.2) is 0 Å². The highest BCUT2D eigenvalue weighted by Crippen LogP contribution is 2.26. The molecule has 1 saturated heterocycles. The zero-order valence-electron chi connectivity index (χ0n) is 11.1. The van der Waals surface area contributed by atoms with Gasteiger partial charge in [-0.15, -0.1) is 0 Å². The van der Waals surface area contributed by atoms with Gasteiger partial charge in [-0.3, -0.25) is 4.79 Å². The van der Waals surface area contributed by atoms with Crippen molar-refractivity contribution in [3.8, 4) is 0 Å². The van der Waals surface area contributed by atoms with Gasteiger partial charge in [0, 0.05) is 24.3 Å². The Bertz CT molecular complexity index is 440. The number of nitrogens with zero attached hydrogens (tertiary/aromatic N) is 1. The van der Waals surface area contributed by atoms with Gasteiger partial charge in [-0.1, -0.05) is 0 Å². The summed E-state index contributed by atoms with van der Waals surface area (Å²) in [6.07, 6.45) is 3.55. The third kappa shape index (κ3) is 2.91. The first-order chi connectivity index (χ1) is 8.52. The minimum Gasteiger partial charge on any atom is -0.390 e. The Morgan fingerprint density at radius 1 is 1.33 bits per heavy atom. The van der Waals surface area contributed by atoms with Gasteiger partial charge in [0.2, 0.25) is 0 Å². The van der Waals surface area contributed by atoms with Crippen molar-refractivity contribution in [2.45, 2.75) is 38.7 Å². The molecular weight excluding hydrogens is 226 g/mol. The molecule has 1 heterocycles. The molecule has 0 saturated carbocycles. The second kappa shape index (κ2) is 5.11. The molecule has 1 aromatic carbocycles. The zero-order chi connectivity index (χ0) is 13.2. The van der Waals surface area contributed by atoms with Crippen molar-refractivity contribution in [1.82, 2.24) is 0 Å². The monoisotopic (exact) mass is 247 g/mol. The van der Waals surface area contributed by atoms with Crippen LogP contribution in [0, 0.1) is 6.92 Å². The Kier molecular flexibility index (Phi) is 3.71. The predicted octanol–water partition coefficient (Wildman–Crippen LogP) is 2.55. The van der Waals surface area contributed by atoms with Crippen LogP contribution in [0.3, 0.4) is 0 Å². The van der Waals surface area contributed by atoms with E-state index in [0.717, 1.165) is 55.5 Å². The highest BCUT2D eigenvalue weighted by atomic mass is 16.3. The highest BCUT2D eigenvalue weighted by molar-refractivity contribution is 5.78. The Balaban J connectivity index is 2.16. The minimum atomic E-state index is -0.535. The van der Waals surface area contributed by atoms with E-state index in [0.29, 0.717) is 0 Å². The van der Waals surface area contributed by atoms with Crippen LogP contribution >= 0.6 is 0 Å². The molecule has 98 valence electrons. The van der Waals surface area contributed by atoms with Crippen molar-refractivity contribution >= 4 is 12.0 Å². The van der Waals surface area contributed by atoms with Crippen molar-refractivity contribution in [2.75, 3.05) is 18.0 Å². The second-order valence-corrected chi connectivity index (χ2v) is 5.50. The Hall–Kier alpha value is -1.35. The Morgan fingerprint density at radius 3 is 2.78 bits per heavy atom. The van der Waals surface area contributed by atoms with Gasteiger partial charge < -0.3 is 10.0 Å². The van der Waals surface area contributed by atoms with Gasteiger partial charge in [-0.05, 0) is 56.9 Å². The molecule has 0 amide bonds. The van der Waals surface area contributed by atoms with Crippen LogP contribution in [0.4, 0.5) is 5.69 Å². The molecule has 1 N–H and O–H groups in total. The van der Waals surface area contributed by atoms with E-state index in [1.165, 1.54) is 0 Å². The normalized spacial score (nSPS) is 24.7. The number of hydrogen-bond acceptors (Lipinski definition) is 3. The van der Waals surface area contributed by atoms with Crippen LogP contribution in [0.15, 0.2) is 18.2 Å². The van der Waals surface area contributed by atoms with E-state index in [1.54, 1.807) is 0 Å². The summed E-state index contributed by atoms with van der Waals surface area (Å²) in [7, 11) is 0. The zero-order valence-corrected chi connectivity index (χ0v) is 11.1. The number of hydrogen-bond donors (Lipinski definition) is 1. The maximum absolute atomic E-state index is 10.8. The van der Waals surface area contributed by atoms with E-state index >= 15 is 0 Å². The summed E-state index contributed by atoms with van der Waals surface area (Å²) in [6, 6.07) is 5.93. The Labute approximate surface area is 108 Å². The summed E-state index contributed by atoms with van der Waals surface area (Å²) in [5.74, 6) is 0. The summed E-state index contributed by atoms with van der Waals surface area (Å²) in [6.45, 7) is 5.71. The molecule has 3 heteroatoms. The number of anilines is 1. The molecule has 18 heavy (non-hydrogen) atoms. The first-order valence-corrected chi connectivity index (χ1v) is 6.55. The lowest BCUT2D eigenvalue weighted by molar-refractivity contribution is 0.0481. The molecule has 1 unspecified atom stereocenters. The van der Waals surface area contributed by atoms with Crippen molar-refractivity contribution in [1.29, 1.82) is 0 Å². The van der Waals surface area contributed by atoms with E-state index in [4.69, 9.17) is 0 Å². The fraction of sp³-hybridized carbons (Fsp3) is 0.533. The third-order valence-corrected chi connectivity index (χ3v) is 3.81. The Morgan fingerprint density at radius 2 is 2.11 bits per heavy atom. The molecule has 1 aliphatic heterocycles. The molecule has 1 atom stereocenters. The summed E-state index contributed by atoms with van der Waals surface area (Å²) >= 11 is 0. The lowest BCUT2D eigenvalue weighted by Gasteiger charge is -2.24. The van der Waals surface area contributed by atoms with Crippen molar-refractivity contribution in [3.05, 3.63) is 29.3 Å². The third-order valence-electron chi connectivity index (χ3n) is 3.81. The van der Waals surface area contributed by atoms with Crippen LogP contribution in [0.2, 0.25) is 0 Å². The molecule has 3 nitrogen and oxygen atoms in total. The van der Waals surface area contributed by atoms with Gasteiger partial charge in [-0.25, -0.2) is 0 Å². The van der Waals surface area contributed by atoms with Gasteiger partial charge in [-0.2, -0.15) is 0 Å². The van der Waals surface area contributed by atoms with Crippen molar-refractivity contribution in [2.24, 2.45) is 0 Å². The average Bonchev–Trinajstić information content (AvgIpc) is 2.50. The molecule has 0 aromatic heterocycles. The maximum Gasteiger partial charge on any atom is 0.150 e. The van der Waals surface area contributed by atoms with Crippen molar-refractivity contribution < 1.29 is 9.90 Å². The van der Waals surface area contributed by atoms with E-state index in [-0.39, 0.29) is 0 Å². The number of aliphatic hydroxyl groups is 1. The molecule has 0 spiro atoms. The molecule has 1 aliphatic rings. The summed E-state index contributed by atoms with van der Waals surface area (Å²) < 4.78 is 0. The SMILES string of the molecule is Cc1cc(N2CCCC(C)(O)CC2)ccc1C=O. The standard InChI is InChI=1S/C15H21NO2/c1-12-10-14(5-4-13(12)11-17)16-8-3-6-15(2,18)7-9-16/h4-5,10-11,18H,3,6-9H2,1-2H3. The molecule has 2 rings (SSSR count). The van der Waals surface area contributed by atoms with Gasteiger partial charge in [0.1, 0.15) is 6.29 Å². The fourth-order valence-corrected chi connectivity index (χ4v) is 2.51. The van der Waals surface area contributed by atoms with E-state index < -0.39 is 5.60 Å². The fourth-order valence-electron chi connectivity index (χ4n) is 2.51. The van der Waals surface area contributed by atoms with Crippen LogP contribution < -0.4 is 4.90 Å². The number of carbonyl (C=O) groups is 1. The summed E-state index contributed by atoms with van der Waals surface area (Å²) in [5, 5.41) is 10.1. The van der Waals surface area contributed by atoms with E-state index in [1.807, 2.05) is 26.0 Å². The average molecular weight is 247 g/mol. The quantitative estimate of drug-likeness (QED) is 0.816. The van der Waals surface area contributed by atoms with Crippen LogP contribution in [-0.4, -0.2) is 30.1 Å².